The number of carbonyl (C=O) groups excluding carboxylic acids is 1. The van der Waals surface area contributed by atoms with Gasteiger partial charge in [0, 0.05) is 33.2 Å². The molecule has 0 aromatic carbocycles. The molecule has 0 spiro atoms. The second-order valence-corrected chi connectivity index (χ2v) is 6.92. The van der Waals surface area contributed by atoms with E-state index >= 15 is 0 Å². The Hall–Kier alpha value is -0.610. The molecule has 4 heteroatoms. The van der Waals surface area contributed by atoms with Gasteiger partial charge in [-0.1, -0.05) is 19.8 Å². The molecule has 1 saturated carbocycles. The highest BCUT2D eigenvalue weighted by atomic mass is 16.2. The van der Waals surface area contributed by atoms with Crippen LogP contribution in [0.4, 0.5) is 0 Å². The summed E-state index contributed by atoms with van der Waals surface area (Å²) in [5.74, 6) is 2.01. The Morgan fingerprint density at radius 3 is 2.45 bits per heavy atom. The average Bonchev–Trinajstić information content (AvgIpc) is 2.83. The summed E-state index contributed by atoms with van der Waals surface area (Å²) in [6, 6.07) is 0.661. The Labute approximate surface area is 123 Å². The minimum Gasteiger partial charge on any atom is -0.348 e. The quantitative estimate of drug-likeness (QED) is 0.831. The van der Waals surface area contributed by atoms with Crippen molar-refractivity contribution in [1.82, 2.24) is 15.1 Å². The van der Waals surface area contributed by atoms with E-state index in [0.29, 0.717) is 12.6 Å². The number of hydrogen-bond acceptors (Lipinski definition) is 3. The highest BCUT2D eigenvalue weighted by Gasteiger charge is 2.25. The first-order chi connectivity index (χ1) is 9.56. The van der Waals surface area contributed by atoms with Crippen LogP contribution in [-0.4, -0.2) is 62.0 Å². The molecule has 20 heavy (non-hydrogen) atoms. The van der Waals surface area contributed by atoms with Crippen LogP contribution in [0.25, 0.3) is 0 Å². The van der Waals surface area contributed by atoms with Crippen LogP contribution in [0.2, 0.25) is 0 Å². The molecular weight excluding hydrogens is 250 g/mol. The fraction of sp³-hybridized carbons (Fsp3) is 0.938. The van der Waals surface area contributed by atoms with Gasteiger partial charge in [-0.2, -0.15) is 0 Å². The number of carbonyl (C=O) groups is 1. The summed E-state index contributed by atoms with van der Waals surface area (Å²) in [5, 5.41) is 3.77. The van der Waals surface area contributed by atoms with Gasteiger partial charge in [0.1, 0.15) is 0 Å². The second kappa shape index (κ2) is 7.41. The number of likely N-dealkylation sites (tertiary alicyclic amines) is 1. The largest absolute Gasteiger partial charge is 0.348 e. The topological polar surface area (TPSA) is 35.6 Å². The summed E-state index contributed by atoms with van der Waals surface area (Å²) >= 11 is 0. The predicted octanol–water partition coefficient (Wildman–Crippen LogP) is 1.56. The van der Waals surface area contributed by atoms with Crippen molar-refractivity contribution in [2.24, 2.45) is 11.8 Å². The standard InChI is InChI=1S/C16H31N3O/c1-13-5-4-6-14(13)11-17-15-7-9-19(10-8-15)12-16(20)18(2)3/h13-15,17H,4-12H2,1-3H3. The molecule has 2 unspecified atom stereocenters. The number of rotatable bonds is 5. The Balaban J connectivity index is 1.63. The highest BCUT2D eigenvalue weighted by Crippen LogP contribution is 2.30. The SMILES string of the molecule is CC1CCCC1CNC1CCN(CC(=O)N(C)C)CC1. The van der Waals surface area contributed by atoms with E-state index in [1.165, 1.54) is 38.6 Å². The molecule has 0 aromatic rings. The van der Waals surface area contributed by atoms with Crippen LogP contribution in [0.1, 0.15) is 39.0 Å². The normalized spacial score (nSPS) is 28.8. The van der Waals surface area contributed by atoms with Gasteiger partial charge in [-0.05, 0) is 37.6 Å². The summed E-state index contributed by atoms with van der Waals surface area (Å²) < 4.78 is 0. The molecular formula is C16H31N3O. The minimum absolute atomic E-state index is 0.219. The number of likely N-dealkylation sites (N-methyl/N-ethyl adjacent to an activating group) is 1. The van der Waals surface area contributed by atoms with Gasteiger partial charge in [-0.25, -0.2) is 0 Å². The van der Waals surface area contributed by atoms with E-state index in [1.54, 1.807) is 4.90 Å². The van der Waals surface area contributed by atoms with Crippen LogP contribution in [0.3, 0.4) is 0 Å². The monoisotopic (exact) mass is 281 g/mol. The van der Waals surface area contributed by atoms with Crippen molar-refractivity contribution in [2.45, 2.75) is 45.1 Å². The van der Waals surface area contributed by atoms with Gasteiger partial charge < -0.3 is 10.2 Å². The van der Waals surface area contributed by atoms with Crippen LogP contribution in [0, 0.1) is 11.8 Å². The maximum absolute atomic E-state index is 11.7. The molecule has 1 N–H and O–H groups in total. The van der Waals surface area contributed by atoms with E-state index in [2.05, 4.69) is 17.1 Å². The predicted molar refractivity (Wildman–Crippen MR) is 82.7 cm³/mol. The van der Waals surface area contributed by atoms with E-state index in [-0.39, 0.29) is 5.91 Å². The summed E-state index contributed by atoms with van der Waals surface area (Å²) in [5.41, 5.74) is 0. The Morgan fingerprint density at radius 2 is 1.90 bits per heavy atom. The van der Waals surface area contributed by atoms with Crippen molar-refractivity contribution >= 4 is 5.91 Å². The van der Waals surface area contributed by atoms with Crippen molar-refractivity contribution in [3.8, 4) is 0 Å². The van der Waals surface area contributed by atoms with E-state index in [4.69, 9.17) is 0 Å². The van der Waals surface area contributed by atoms with Crippen LogP contribution in [0.5, 0.6) is 0 Å². The molecule has 116 valence electrons. The van der Waals surface area contributed by atoms with Crippen molar-refractivity contribution in [3.05, 3.63) is 0 Å². The molecule has 2 rings (SSSR count). The molecule has 1 amide bonds. The number of hydrogen-bond donors (Lipinski definition) is 1. The van der Waals surface area contributed by atoms with Gasteiger partial charge >= 0.3 is 0 Å². The Morgan fingerprint density at radius 1 is 1.20 bits per heavy atom. The molecule has 1 saturated heterocycles. The molecule has 1 heterocycles. The number of nitrogens with zero attached hydrogens (tertiary/aromatic N) is 2. The van der Waals surface area contributed by atoms with Gasteiger partial charge in [-0.3, -0.25) is 9.69 Å². The van der Waals surface area contributed by atoms with Gasteiger partial charge in [0.2, 0.25) is 5.91 Å². The molecule has 4 nitrogen and oxygen atoms in total. The third-order valence-corrected chi connectivity index (χ3v) is 5.15. The maximum Gasteiger partial charge on any atom is 0.236 e. The lowest BCUT2D eigenvalue weighted by atomic mass is 9.97. The van der Waals surface area contributed by atoms with Crippen LogP contribution in [-0.2, 0) is 4.79 Å². The maximum atomic E-state index is 11.7. The summed E-state index contributed by atoms with van der Waals surface area (Å²) in [6.45, 7) is 6.28. The Bertz CT molecular complexity index is 311. The number of nitrogens with one attached hydrogen (secondary N) is 1. The fourth-order valence-electron chi connectivity index (χ4n) is 3.47. The van der Waals surface area contributed by atoms with Crippen molar-refractivity contribution in [3.63, 3.8) is 0 Å². The van der Waals surface area contributed by atoms with Crippen molar-refractivity contribution in [2.75, 3.05) is 40.3 Å². The number of amides is 1. The highest BCUT2D eigenvalue weighted by molar-refractivity contribution is 5.77. The lowest BCUT2D eigenvalue weighted by molar-refractivity contribution is -0.130. The van der Waals surface area contributed by atoms with Gasteiger partial charge in [0.05, 0.1) is 6.54 Å². The van der Waals surface area contributed by atoms with Gasteiger partial charge in [0.15, 0.2) is 0 Å². The zero-order valence-corrected chi connectivity index (χ0v) is 13.4. The lowest BCUT2D eigenvalue weighted by Gasteiger charge is -2.33. The molecule has 2 aliphatic rings. The first kappa shape index (κ1) is 15.8. The molecule has 2 atom stereocenters. The molecule has 1 aliphatic carbocycles. The molecule has 1 aliphatic heterocycles. The summed E-state index contributed by atoms with van der Waals surface area (Å²) in [6.07, 6.45) is 6.60. The Kier molecular flexibility index (Phi) is 5.85. The lowest BCUT2D eigenvalue weighted by Crippen LogP contribution is -2.46. The third-order valence-electron chi connectivity index (χ3n) is 5.15. The zero-order valence-electron chi connectivity index (χ0n) is 13.4. The second-order valence-electron chi connectivity index (χ2n) is 6.92. The third kappa shape index (κ3) is 4.45. The van der Waals surface area contributed by atoms with Crippen molar-refractivity contribution < 1.29 is 4.79 Å². The van der Waals surface area contributed by atoms with E-state index in [0.717, 1.165) is 24.9 Å². The molecule has 0 aromatic heterocycles. The first-order valence-electron chi connectivity index (χ1n) is 8.22. The minimum atomic E-state index is 0.219. The fourth-order valence-corrected chi connectivity index (χ4v) is 3.47. The van der Waals surface area contributed by atoms with Gasteiger partial charge in [-0.15, -0.1) is 0 Å². The molecule has 0 bridgehead atoms. The molecule has 2 fully saturated rings. The summed E-state index contributed by atoms with van der Waals surface area (Å²) in [4.78, 5) is 15.7. The van der Waals surface area contributed by atoms with E-state index in [1.807, 2.05) is 14.1 Å². The molecule has 0 radical (unpaired) electrons. The van der Waals surface area contributed by atoms with E-state index in [9.17, 15) is 4.79 Å². The zero-order chi connectivity index (χ0) is 14.5. The van der Waals surface area contributed by atoms with Crippen LogP contribution >= 0.6 is 0 Å². The van der Waals surface area contributed by atoms with Gasteiger partial charge in [0.25, 0.3) is 0 Å². The van der Waals surface area contributed by atoms with Crippen molar-refractivity contribution in [1.29, 1.82) is 0 Å². The summed E-state index contributed by atoms with van der Waals surface area (Å²) in [7, 11) is 3.67. The van der Waals surface area contributed by atoms with E-state index < -0.39 is 0 Å². The first-order valence-corrected chi connectivity index (χ1v) is 8.22. The average molecular weight is 281 g/mol. The van der Waals surface area contributed by atoms with Crippen LogP contribution < -0.4 is 5.32 Å². The van der Waals surface area contributed by atoms with Crippen LogP contribution in [0.15, 0.2) is 0 Å². The number of piperidine rings is 1. The smallest absolute Gasteiger partial charge is 0.236 e.